The maximum absolute atomic E-state index is 5.87. The van der Waals surface area contributed by atoms with E-state index in [4.69, 9.17) is 11.6 Å². The molecule has 2 heterocycles. The molecule has 1 fully saturated rings. The SMILES string of the molecule is Cc1ccc(N2CCCCC2CCCl)nc1. The fourth-order valence-electron chi connectivity index (χ4n) is 2.36. The highest BCUT2D eigenvalue weighted by Crippen LogP contribution is 2.25. The number of hydrogen-bond acceptors (Lipinski definition) is 2. The number of hydrogen-bond donors (Lipinski definition) is 0. The molecule has 0 bridgehead atoms. The minimum absolute atomic E-state index is 0.585. The Morgan fingerprint density at radius 1 is 1.44 bits per heavy atom. The summed E-state index contributed by atoms with van der Waals surface area (Å²) in [6, 6.07) is 4.85. The summed E-state index contributed by atoms with van der Waals surface area (Å²) in [4.78, 5) is 6.94. The van der Waals surface area contributed by atoms with Gasteiger partial charge in [0.1, 0.15) is 5.82 Å². The van der Waals surface area contributed by atoms with E-state index < -0.39 is 0 Å². The average molecular weight is 239 g/mol. The lowest BCUT2D eigenvalue weighted by Crippen LogP contribution is -2.40. The van der Waals surface area contributed by atoms with Crippen molar-refractivity contribution in [3.05, 3.63) is 23.9 Å². The fraction of sp³-hybridized carbons (Fsp3) is 0.615. The maximum atomic E-state index is 5.87. The van der Waals surface area contributed by atoms with Crippen LogP contribution in [0.5, 0.6) is 0 Å². The molecule has 2 rings (SSSR count). The Bertz CT molecular complexity index is 321. The van der Waals surface area contributed by atoms with Crippen LogP contribution in [0.4, 0.5) is 5.82 Å². The van der Waals surface area contributed by atoms with E-state index in [-0.39, 0.29) is 0 Å². The van der Waals surface area contributed by atoms with Crippen LogP contribution in [0.2, 0.25) is 0 Å². The van der Waals surface area contributed by atoms with Gasteiger partial charge in [0.05, 0.1) is 0 Å². The Hall–Kier alpha value is -0.760. The third-order valence-corrected chi connectivity index (χ3v) is 3.48. The first-order chi connectivity index (χ1) is 7.81. The molecule has 1 saturated heterocycles. The van der Waals surface area contributed by atoms with E-state index in [9.17, 15) is 0 Å². The van der Waals surface area contributed by atoms with Crippen molar-refractivity contribution in [3.8, 4) is 0 Å². The molecule has 0 saturated carbocycles. The predicted molar refractivity (Wildman–Crippen MR) is 69.3 cm³/mol. The van der Waals surface area contributed by atoms with E-state index in [1.165, 1.54) is 24.8 Å². The van der Waals surface area contributed by atoms with Crippen molar-refractivity contribution in [2.24, 2.45) is 0 Å². The summed E-state index contributed by atoms with van der Waals surface area (Å²) in [5.74, 6) is 1.85. The van der Waals surface area contributed by atoms with E-state index in [0.717, 1.165) is 24.7 Å². The van der Waals surface area contributed by atoms with Crippen LogP contribution in [-0.4, -0.2) is 23.5 Å². The molecule has 0 aliphatic carbocycles. The molecule has 1 unspecified atom stereocenters. The van der Waals surface area contributed by atoms with E-state index in [0.29, 0.717) is 6.04 Å². The van der Waals surface area contributed by atoms with Crippen LogP contribution < -0.4 is 4.90 Å². The Kier molecular flexibility index (Phi) is 4.05. The number of nitrogens with zero attached hydrogens (tertiary/aromatic N) is 2. The molecule has 3 heteroatoms. The highest BCUT2D eigenvalue weighted by atomic mass is 35.5. The summed E-state index contributed by atoms with van der Waals surface area (Å²) in [7, 11) is 0. The van der Waals surface area contributed by atoms with Crippen LogP contribution in [0.1, 0.15) is 31.2 Å². The summed E-state index contributed by atoms with van der Waals surface area (Å²) in [5.41, 5.74) is 1.22. The van der Waals surface area contributed by atoms with Crippen molar-refractivity contribution in [1.29, 1.82) is 0 Å². The molecule has 1 aliphatic rings. The molecular formula is C13H19ClN2. The first-order valence-corrected chi connectivity index (χ1v) is 6.60. The summed E-state index contributed by atoms with van der Waals surface area (Å²) in [6.07, 6.45) is 6.86. The predicted octanol–water partition coefficient (Wildman–Crippen LogP) is 3.38. The topological polar surface area (TPSA) is 16.1 Å². The molecule has 0 amide bonds. The number of piperidine rings is 1. The smallest absolute Gasteiger partial charge is 0.128 e. The van der Waals surface area contributed by atoms with Crippen LogP contribution >= 0.6 is 11.6 Å². The van der Waals surface area contributed by atoms with Gasteiger partial charge in [0.15, 0.2) is 0 Å². The van der Waals surface area contributed by atoms with E-state index >= 15 is 0 Å². The molecule has 16 heavy (non-hydrogen) atoms. The highest BCUT2D eigenvalue weighted by molar-refractivity contribution is 6.17. The molecule has 2 nitrogen and oxygen atoms in total. The molecule has 88 valence electrons. The maximum Gasteiger partial charge on any atom is 0.128 e. The Morgan fingerprint density at radius 2 is 2.31 bits per heavy atom. The van der Waals surface area contributed by atoms with Gasteiger partial charge in [-0.1, -0.05) is 6.07 Å². The van der Waals surface area contributed by atoms with Crippen molar-refractivity contribution in [3.63, 3.8) is 0 Å². The first-order valence-electron chi connectivity index (χ1n) is 6.06. The van der Waals surface area contributed by atoms with Gasteiger partial charge in [0.25, 0.3) is 0 Å². The molecule has 1 aromatic heterocycles. The highest BCUT2D eigenvalue weighted by Gasteiger charge is 2.22. The number of anilines is 1. The molecular weight excluding hydrogens is 220 g/mol. The monoisotopic (exact) mass is 238 g/mol. The Labute approximate surface area is 103 Å². The van der Waals surface area contributed by atoms with Gasteiger partial charge in [-0.2, -0.15) is 0 Å². The number of halogens is 1. The van der Waals surface area contributed by atoms with E-state index in [1.54, 1.807) is 0 Å². The number of aromatic nitrogens is 1. The average Bonchev–Trinajstić information content (AvgIpc) is 2.32. The summed E-state index contributed by atoms with van der Waals surface area (Å²) in [6.45, 7) is 3.20. The fourth-order valence-corrected chi connectivity index (χ4v) is 2.61. The number of alkyl halides is 1. The van der Waals surface area contributed by atoms with Crippen molar-refractivity contribution < 1.29 is 0 Å². The van der Waals surface area contributed by atoms with Crippen LogP contribution in [0, 0.1) is 6.92 Å². The molecule has 1 aromatic rings. The summed E-state index contributed by atoms with van der Waals surface area (Å²) < 4.78 is 0. The largest absolute Gasteiger partial charge is 0.354 e. The molecule has 0 radical (unpaired) electrons. The van der Waals surface area contributed by atoms with Gasteiger partial charge in [-0.25, -0.2) is 4.98 Å². The number of rotatable bonds is 3. The van der Waals surface area contributed by atoms with Crippen LogP contribution in [0.3, 0.4) is 0 Å². The molecule has 0 spiro atoms. The van der Waals surface area contributed by atoms with Gasteiger partial charge in [0, 0.05) is 24.7 Å². The third kappa shape index (κ3) is 2.67. The standard InChI is InChI=1S/C13H19ClN2/c1-11-5-6-13(15-10-11)16-9-3-2-4-12(16)7-8-14/h5-6,10,12H,2-4,7-9H2,1H3. The third-order valence-electron chi connectivity index (χ3n) is 3.26. The summed E-state index contributed by atoms with van der Waals surface area (Å²) in [5, 5.41) is 0. The molecule has 0 aromatic carbocycles. The first kappa shape index (κ1) is 11.7. The van der Waals surface area contributed by atoms with Gasteiger partial charge in [0.2, 0.25) is 0 Å². The zero-order valence-electron chi connectivity index (χ0n) is 9.82. The molecule has 0 N–H and O–H groups in total. The van der Waals surface area contributed by atoms with Gasteiger partial charge in [-0.3, -0.25) is 0 Å². The van der Waals surface area contributed by atoms with Crippen LogP contribution in [0.15, 0.2) is 18.3 Å². The zero-order chi connectivity index (χ0) is 11.4. The van der Waals surface area contributed by atoms with Gasteiger partial charge < -0.3 is 4.90 Å². The Morgan fingerprint density at radius 3 is 3.00 bits per heavy atom. The summed E-state index contributed by atoms with van der Waals surface area (Å²) >= 11 is 5.87. The van der Waals surface area contributed by atoms with E-state index in [1.807, 2.05) is 6.20 Å². The van der Waals surface area contributed by atoms with E-state index in [2.05, 4.69) is 28.9 Å². The lowest BCUT2D eigenvalue weighted by Gasteiger charge is -2.36. The lowest BCUT2D eigenvalue weighted by molar-refractivity contribution is 0.448. The zero-order valence-corrected chi connectivity index (χ0v) is 10.6. The minimum atomic E-state index is 0.585. The van der Waals surface area contributed by atoms with Crippen molar-refractivity contribution in [2.45, 2.75) is 38.6 Å². The van der Waals surface area contributed by atoms with Gasteiger partial charge >= 0.3 is 0 Å². The van der Waals surface area contributed by atoms with Gasteiger partial charge in [-0.05, 0) is 44.2 Å². The number of pyridine rings is 1. The molecule has 1 aliphatic heterocycles. The van der Waals surface area contributed by atoms with Crippen molar-refractivity contribution >= 4 is 17.4 Å². The van der Waals surface area contributed by atoms with Crippen molar-refractivity contribution in [2.75, 3.05) is 17.3 Å². The normalized spacial score (nSPS) is 21.1. The quantitative estimate of drug-likeness (QED) is 0.751. The van der Waals surface area contributed by atoms with Crippen molar-refractivity contribution in [1.82, 2.24) is 4.98 Å². The van der Waals surface area contributed by atoms with Crippen LogP contribution in [-0.2, 0) is 0 Å². The second-order valence-electron chi connectivity index (χ2n) is 4.51. The molecule has 1 atom stereocenters. The second-order valence-corrected chi connectivity index (χ2v) is 4.89. The minimum Gasteiger partial charge on any atom is -0.354 e. The second kappa shape index (κ2) is 5.53. The van der Waals surface area contributed by atoms with Gasteiger partial charge in [-0.15, -0.1) is 11.6 Å². The lowest BCUT2D eigenvalue weighted by atomic mass is 10.00. The Balaban J connectivity index is 2.13. The van der Waals surface area contributed by atoms with Crippen LogP contribution in [0.25, 0.3) is 0 Å². The number of aryl methyl sites for hydroxylation is 1.